The van der Waals surface area contributed by atoms with Crippen molar-refractivity contribution in [2.75, 3.05) is 0 Å². The molecule has 4 heteroatoms. The van der Waals surface area contributed by atoms with Gasteiger partial charge in [-0.25, -0.2) is 0 Å². The van der Waals surface area contributed by atoms with Crippen molar-refractivity contribution in [2.24, 2.45) is 0 Å². The highest BCUT2D eigenvalue weighted by atomic mass is 28.3. The molecule has 0 aromatic rings. The fraction of sp³-hybridized carbons (Fsp3) is 1.00. The summed E-state index contributed by atoms with van der Waals surface area (Å²) in [6.45, 7) is 22.6. The third-order valence-electron chi connectivity index (χ3n) is 10.00. The minimum absolute atomic E-state index is 0.555. The van der Waals surface area contributed by atoms with E-state index in [9.17, 15) is 0 Å². The lowest BCUT2D eigenvalue weighted by Gasteiger charge is -2.33. The lowest BCUT2D eigenvalue weighted by Crippen LogP contribution is -2.36. The zero-order valence-electron chi connectivity index (χ0n) is 21.7. The summed E-state index contributed by atoms with van der Waals surface area (Å²) in [6.07, 6.45) is 0. The zero-order chi connectivity index (χ0) is 21.7. The standard InChI is InChI=1S/3C8H19Si.Al/c3*1-5-9(6-2,7-3)8-4;/h3*1,5-8H2,2-4H3;. The molecule has 0 saturated heterocycles. The predicted molar refractivity (Wildman–Crippen MR) is 146 cm³/mol. The molecule has 0 radical (unpaired) electrons. The van der Waals surface area contributed by atoms with Crippen LogP contribution >= 0.6 is 0 Å². The van der Waals surface area contributed by atoms with Gasteiger partial charge in [0.25, 0.3) is 14.1 Å². The maximum atomic E-state index is 2.52. The Balaban J connectivity index is 5.19. The highest BCUT2D eigenvalue weighted by Crippen LogP contribution is 2.35. The number of hydrogen-bond acceptors (Lipinski definition) is 0. The first-order valence-corrected chi connectivity index (χ1v) is 24.3. The molecular formula is C24H57AlSi3. The first-order chi connectivity index (χ1) is 13.3. The normalized spacial score (nSPS) is 13.2. The minimum Gasteiger partial charge on any atom is -0.0962 e. The largest absolute Gasteiger partial charge is 0.260 e. The molecular weight excluding hydrogens is 400 g/mol. The second-order valence-electron chi connectivity index (χ2n) is 10.2. The van der Waals surface area contributed by atoms with Gasteiger partial charge in [0, 0.05) is 0 Å². The van der Waals surface area contributed by atoms with Crippen molar-refractivity contribution >= 4 is 38.4 Å². The van der Waals surface area contributed by atoms with Crippen LogP contribution in [0.3, 0.4) is 0 Å². The van der Waals surface area contributed by atoms with Crippen LogP contribution in [-0.4, -0.2) is 38.4 Å². The van der Waals surface area contributed by atoms with Crippen LogP contribution < -0.4 is 0 Å². The van der Waals surface area contributed by atoms with E-state index in [4.69, 9.17) is 0 Å². The lowest BCUT2D eigenvalue weighted by atomic mass is 10.8. The summed E-state index contributed by atoms with van der Waals surface area (Å²) < 4.78 is 0. The molecule has 0 aromatic heterocycles. The van der Waals surface area contributed by atoms with Gasteiger partial charge < -0.3 is 0 Å². The molecule has 0 nitrogen and oxygen atoms in total. The molecule has 0 aliphatic heterocycles. The molecule has 0 spiro atoms. The first-order valence-electron chi connectivity index (χ1n) is 13.3. The van der Waals surface area contributed by atoms with Gasteiger partial charge in [0.05, 0.1) is 24.2 Å². The summed E-state index contributed by atoms with van der Waals surface area (Å²) in [6, 6.07) is 18.9. The molecule has 0 aliphatic carbocycles. The van der Waals surface area contributed by atoms with Crippen molar-refractivity contribution in [1.29, 1.82) is 0 Å². The molecule has 0 atom stereocenters. The Bertz CT molecular complexity index is 292. The van der Waals surface area contributed by atoms with Gasteiger partial charge in [-0.3, -0.25) is 0 Å². The van der Waals surface area contributed by atoms with E-state index in [-0.39, 0.29) is 0 Å². The van der Waals surface area contributed by atoms with E-state index in [1.807, 2.05) is 0 Å². The van der Waals surface area contributed by atoms with E-state index in [0.29, 0.717) is 0 Å². The molecule has 168 valence electrons. The molecule has 0 unspecified atom stereocenters. The number of rotatable bonds is 18. The van der Waals surface area contributed by atoms with Crippen LogP contribution in [0, 0.1) is 0 Å². The number of hydrogen-bond donors (Lipinski definition) is 0. The summed E-state index contributed by atoms with van der Waals surface area (Å²) in [5.41, 5.74) is 0. The van der Waals surface area contributed by atoms with Gasteiger partial charge in [0.15, 0.2) is 0 Å². The smallest absolute Gasteiger partial charge is 0.0962 e. The van der Waals surface area contributed by atoms with Crippen molar-refractivity contribution in [3.8, 4) is 0 Å². The molecule has 0 heterocycles. The molecule has 0 bridgehead atoms. The molecule has 0 saturated carbocycles. The van der Waals surface area contributed by atoms with E-state index in [0.717, 1.165) is 0 Å². The molecule has 0 fully saturated rings. The van der Waals surface area contributed by atoms with E-state index < -0.39 is 38.4 Å². The van der Waals surface area contributed by atoms with Gasteiger partial charge in [-0.05, 0) is 0 Å². The van der Waals surface area contributed by atoms with E-state index in [1.54, 1.807) is 34.0 Å². The average Bonchev–Trinajstić information content (AvgIpc) is 2.76. The second-order valence-corrected chi connectivity index (χ2v) is 30.5. The highest BCUT2D eigenvalue weighted by Gasteiger charge is 2.34. The topological polar surface area (TPSA) is 0 Å². The summed E-state index contributed by atoms with van der Waals surface area (Å²) in [7, 11) is -2.77. The van der Waals surface area contributed by atoms with Gasteiger partial charge >= 0.3 is 0 Å². The molecule has 0 aromatic carbocycles. The summed E-state index contributed by atoms with van der Waals surface area (Å²) in [5, 5.41) is 5.14. The minimum atomic E-state index is -0.922. The van der Waals surface area contributed by atoms with Crippen molar-refractivity contribution in [1.82, 2.24) is 0 Å². The first kappa shape index (κ1) is 29.2. The monoisotopic (exact) mass is 456 g/mol. The third-order valence-corrected chi connectivity index (χ3v) is 32.6. The molecule has 28 heavy (non-hydrogen) atoms. The molecule has 0 rings (SSSR count). The van der Waals surface area contributed by atoms with Crippen LogP contribution in [0.1, 0.15) is 62.3 Å². The van der Waals surface area contributed by atoms with Crippen molar-refractivity contribution in [2.45, 2.75) is 151 Å². The van der Waals surface area contributed by atoms with E-state index in [1.165, 1.54) is 54.4 Å². The van der Waals surface area contributed by atoms with Crippen molar-refractivity contribution in [3.63, 3.8) is 0 Å². The maximum absolute atomic E-state index is 2.52. The summed E-state index contributed by atoms with van der Waals surface area (Å²) in [5.74, 6) is 0. The Morgan fingerprint density at radius 1 is 0.357 bits per heavy atom. The Morgan fingerprint density at radius 3 is 0.679 bits per heavy atom. The van der Waals surface area contributed by atoms with Crippen LogP contribution in [-0.2, 0) is 0 Å². The summed E-state index contributed by atoms with van der Waals surface area (Å²) in [4.78, 5) is 0. The maximum Gasteiger partial charge on any atom is 0.260 e. The lowest BCUT2D eigenvalue weighted by molar-refractivity contribution is 1.05. The quantitative estimate of drug-likeness (QED) is 0.180. The Morgan fingerprint density at radius 2 is 0.536 bits per heavy atom. The average molecular weight is 457 g/mol. The van der Waals surface area contributed by atoms with Crippen LogP contribution in [0.25, 0.3) is 0 Å². The van der Waals surface area contributed by atoms with Gasteiger partial charge in [-0.2, -0.15) is 0 Å². The Labute approximate surface area is 188 Å². The predicted octanol–water partition coefficient (Wildman–Crippen LogP) is 10.0. The van der Waals surface area contributed by atoms with E-state index >= 15 is 0 Å². The second kappa shape index (κ2) is 15.1. The Kier molecular flexibility index (Phi) is 15.7. The van der Waals surface area contributed by atoms with Crippen LogP contribution in [0.4, 0.5) is 0 Å². The third kappa shape index (κ3) is 8.74. The fourth-order valence-corrected chi connectivity index (χ4v) is 26.6. The van der Waals surface area contributed by atoms with Crippen molar-refractivity contribution < 1.29 is 0 Å². The van der Waals surface area contributed by atoms with Crippen LogP contribution in [0.5, 0.6) is 0 Å². The van der Waals surface area contributed by atoms with Gasteiger partial charge in [-0.1, -0.05) is 151 Å². The van der Waals surface area contributed by atoms with Crippen LogP contribution in [0.15, 0.2) is 0 Å². The van der Waals surface area contributed by atoms with Crippen molar-refractivity contribution in [3.05, 3.63) is 0 Å². The molecule has 0 aliphatic rings. The fourth-order valence-electron chi connectivity index (χ4n) is 5.80. The highest BCUT2D eigenvalue weighted by molar-refractivity contribution is 6.83. The Hall–Kier alpha value is 1.18. The SMILES string of the molecule is CC[Si](CC)(CC)C[CH2][Al]([CH2]C[Si](CC)(CC)CC)[CH2]C[Si](CC)(CC)CC. The van der Waals surface area contributed by atoms with Crippen LogP contribution in [0.2, 0.25) is 88.4 Å². The molecule has 0 N–H and O–H groups in total. The van der Waals surface area contributed by atoms with Gasteiger partial charge in [0.2, 0.25) is 0 Å². The zero-order valence-corrected chi connectivity index (χ0v) is 25.8. The summed E-state index contributed by atoms with van der Waals surface area (Å²) >= 11 is -0.555. The van der Waals surface area contributed by atoms with Gasteiger partial charge in [-0.15, -0.1) is 0 Å². The molecule has 0 amide bonds. The van der Waals surface area contributed by atoms with Gasteiger partial charge in [0.1, 0.15) is 0 Å². The van der Waals surface area contributed by atoms with E-state index in [2.05, 4.69) is 62.3 Å².